The second kappa shape index (κ2) is 15.5. The van der Waals surface area contributed by atoms with E-state index in [1.54, 1.807) is 22.7 Å². The minimum Gasteiger partial charge on any atom is -0.397 e. The van der Waals surface area contributed by atoms with Crippen LogP contribution < -0.4 is 16.8 Å². The molecule has 1 saturated carbocycles. The Morgan fingerprint density at radius 1 is 1.00 bits per heavy atom. The second-order valence-electron chi connectivity index (χ2n) is 8.93. The van der Waals surface area contributed by atoms with Crippen molar-refractivity contribution in [2.45, 2.75) is 52.9 Å². The number of pyridine rings is 1. The van der Waals surface area contributed by atoms with Crippen LogP contribution in [0.4, 0.5) is 5.69 Å². The van der Waals surface area contributed by atoms with Crippen molar-refractivity contribution in [3.63, 3.8) is 0 Å². The van der Waals surface area contributed by atoms with Crippen LogP contribution in [0.3, 0.4) is 0 Å². The van der Waals surface area contributed by atoms with Crippen molar-refractivity contribution in [3.05, 3.63) is 89.2 Å². The first-order valence-corrected chi connectivity index (χ1v) is 15.6. The van der Waals surface area contributed by atoms with Crippen molar-refractivity contribution in [3.8, 4) is 20.3 Å². The molecule has 0 atom stereocenters. The van der Waals surface area contributed by atoms with Crippen LogP contribution in [-0.4, -0.2) is 30.0 Å². The average molecular weight is 562 g/mol. The van der Waals surface area contributed by atoms with E-state index in [1.807, 2.05) is 32.1 Å². The molecule has 39 heavy (non-hydrogen) atoms. The van der Waals surface area contributed by atoms with E-state index in [-0.39, 0.29) is 0 Å². The van der Waals surface area contributed by atoms with Gasteiger partial charge in [-0.2, -0.15) is 0 Å². The van der Waals surface area contributed by atoms with E-state index < -0.39 is 0 Å². The highest BCUT2D eigenvalue weighted by molar-refractivity contribution is 7.23. The predicted octanol–water partition coefficient (Wildman–Crippen LogP) is 8.28. The minimum absolute atomic E-state index is 0.694. The topological polar surface area (TPSA) is 80.2 Å². The van der Waals surface area contributed by atoms with Crippen LogP contribution in [0, 0.1) is 0 Å². The normalized spacial score (nSPS) is 15.0. The highest BCUT2D eigenvalue weighted by Crippen LogP contribution is 2.40. The zero-order chi connectivity index (χ0) is 28.2. The number of hydrogen-bond acceptors (Lipinski definition) is 7. The zero-order valence-corrected chi connectivity index (χ0v) is 25.4. The lowest BCUT2D eigenvalue weighted by atomic mass is 10.1. The fraction of sp³-hybridized carbons (Fsp3) is 0.344. The van der Waals surface area contributed by atoms with E-state index in [9.17, 15) is 0 Å². The molecule has 0 bridgehead atoms. The van der Waals surface area contributed by atoms with Gasteiger partial charge in [-0.05, 0) is 99.5 Å². The van der Waals surface area contributed by atoms with Gasteiger partial charge < -0.3 is 21.7 Å². The molecule has 3 aromatic rings. The number of piperidine rings is 1. The Balaban J connectivity index is 0.00000100. The van der Waals surface area contributed by atoms with Gasteiger partial charge >= 0.3 is 0 Å². The number of nitrogens with zero attached hydrogens (tertiary/aromatic N) is 2. The largest absolute Gasteiger partial charge is 0.397 e. The highest BCUT2D eigenvalue weighted by atomic mass is 32.1. The summed E-state index contributed by atoms with van der Waals surface area (Å²) in [6, 6.07) is 12.6. The molecule has 2 fully saturated rings. The lowest BCUT2D eigenvalue weighted by Gasteiger charge is -2.31. The summed E-state index contributed by atoms with van der Waals surface area (Å²) >= 11 is 3.54. The molecule has 5 N–H and O–H groups in total. The molecular formula is C32H43N5S2. The van der Waals surface area contributed by atoms with Crippen LogP contribution in [0.5, 0.6) is 0 Å². The maximum absolute atomic E-state index is 6.51. The van der Waals surface area contributed by atoms with Crippen molar-refractivity contribution in [2.24, 2.45) is 5.73 Å². The fourth-order valence-corrected chi connectivity index (χ4v) is 6.28. The Hall–Kier alpha value is -3.13. The van der Waals surface area contributed by atoms with E-state index in [0.29, 0.717) is 5.69 Å². The minimum atomic E-state index is 0.694. The maximum Gasteiger partial charge on any atom is 0.110 e. The van der Waals surface area contributed by atoms with Crippen LogP contribution >= 0.6 is 22.7 Å². The van der Waals surface area contributed by atoms with Gasteiger partial charge in [-0.3, -0.25) is 0 Å². The number of anilines is 1. The standard InChI is InChI=1S/C29H32N4S2.C2H6.CH5N/c1-3-9-24(33-17-6-5-7-18-33)22(4-2)31-28(20-11-12-20)29-21(30)13-14-23(32-29)25-15-16-27(35-25)26-10-8-19-34-26;2*1-2/h3-4,8-10,13-16,19,31H,2,5-7,11-12,17-18,30H2,1H3;1-2H3;2H2,1H3/b9-3-,24-22-;;. The summed E-state index contributed by atoms with van der Waals surface area (Å²) in [5.41, 5.74) is 18.1. The molecule has 1 aliphatic carbocycles. The fourth-order valence-electron chi connectivity index (χ4n) is 4.47. The van der Waals surface area contributed by atoms with Gasteiger partial charge in [0.25, 0.3) is 0 Å². The predicted molar refractivity (Wildman–Crippen MR) is 173 cm³/mol. The first-order chi connectivity index (χ1) is 19.2. The van der Waals surface area contributed by atoms with Crippen LogP contribution in [0.25, 0.3) is 26.0 Å². The molecule has 0 amide bonds. The number of hydrogen-bond donors (Lipinski definition) is 3. The molecule has 0 unspecified atom stereocenters. The van der Waals surface area contributed by atoms with Crippen molar-refractivity contribution in [1.82, 2.24) is 15.2 Å². The summed E-state index contributed by atoms with van der Waals surface area (Å²) in [5, 5.41) is 5.84. The van der Waals surface area contributed by atoms with Crippen molar-refractivity contribution >= 4 is 34.1 Å². The summed E-state index contributed by atoms with van der Waals surface area (Å²) in [5.74, 6) is 0. The summed E-state index contributed by atoms with van der Waals surface area (Å²) in [6.07, 6.45) is 12.1. The van der Waals surface area contributed by atoms with Gasteiger partial charge in [0, 0.05) is 22.8 Å². The Kier molecular flexibility index (Phi) is 12.1. The monoisotopic (exact) mass is 561 g/mol. The van der Waals surface area contributed by atoms with Crippen molar-refractivity contribution in [2.75, 3.05) is 25.9 Å². The third kappa shape index (κ3) is 7.72. The number of nitrogen functional groups attached to an aromatic ring is 1. The van der Waals surface area contributed by atoms with E-state index in [2.05, 4.69) is 71.3 Å². The molecule has 7 heteroatoms. The van der Waals surface area contributed by atoms with E-state index in [1.165, 1.54) is 47.3 Å². The van der Waals surface area contributed by atoms with Crippen LogP contribution in [0.1, 0.15) is 58.6 Å². The van der Waals surface area contributed by atoms with E-state index in [0.717, 1.165) is 53.6 Å². The molecule has 0 radical (unpaired) electrons. The van der Waals surface area contributed by atoms with Gasteiger partial charge in [-0.15, -0.1) is 22.7 Å². The second-order valence-corrected chi connectivity index (χ2v) is 11.0. The van der Waals surface area contributed by atoms with Crippen molar-refractivity contribution < 1.29 is 0 Å². The number of thiophene rings is 2. The summed E-state index contributed by atoms with van der Waals surface area (Å²) in [7, 11) is 1.50. The van der Waals surface area contributed by atoms with Gasteiger partial charge in [0.1, 0.15) is 5.69 Å². The summed E-state index contributed by atoms with van der Waals surface area (Å²) < 4.78 is 0. The molecule has 3 aromatic heterocycles. The number of allylic oxidation sites excluding steroid dienone is 4. The molecule has 1 saturated heterocycles. The summed E-state index contributed by atoms with van der Waals surface area (Å²) in [6.45, 7) is 12.4. The Labute approximate surface area is 242 Å². The van der Waals surface area contributed by atoms with Gasteiger partial charge in [0.05, 0.1) is 33.3 Å². The third-order valence-corrected chi connectivity index (χ3v) is 8.57. The van der Waals surface area contributed by atoms with Crippen molar-refractivity contribution in [1.29, 1.82) is 0 Å². The molecule has 0 spiro atoms. The SMILES string of the molecule is C=C/C(NC(=C1CC1)c1nc(-c2ccc(-c3cccs3)s2)ccc1N)=C(\C=C/C)N1CCCCC1.CC.CN. The first kappa shape index (κ1) is 30.4. The number of aromatic nitrogens is 1. The molecule has 5 rings (SSSR count). The molecule has 5 nitrogen and oxygen atoms in total. The zero-order valence-electron chi connectivity index (χ0n) is 23.8. The molecule has 1 aliphatic heterocycles. The number of nitrogens with two attached hydrogens (primary N) is 2. The van der Waals surface area contributed by atoms with Crippen LogP contribution in [-0.2, 0) is 0 Å². The summed E-state index contributed by atoms with van der Waals surface area (Å²) in [4.78, 5) is 11.3. The van der Waals surface area contributed by atoms with E-state index >= 15 is 0 Å². The Morgan fingerprint density at radius 3 is 2.33 bits per heavy atom. The van der Waals surface area contributed by atoms with Crippen LogP contribution in [0.2, 0.25) is 0 Å². The Morgan fingerprint density at radius 2 is 1.72 bits per heavy atom. The van der Waals surface area contributed by atoms with Gasteiger partial charge in [-0.25, -0.2) is 4.98 Å². The number of nitrogens with one attached hydrogen (secondary N) is 1. The molecular weight excluding hydrogens is 519 g/mol. The van der Waals surface area contributed by atoms with E-state index in [4.69, 9.17) is 10.7 Å². The van der Waals surface area contributed by atoms with Gasteiger partial charge in [0.15, 0.2) is 0 Å². The number of likely N-dealkylation sites (tertiary alicyclic amines) is 1. The lowest BCUT2D eigenvalue weighted by Crippen LogP contribution is -2.31. The lowest BCUT2D eigenvalue weighted by molar-refractivity contribution is 0.290. The van der Waals surface area contributed by atoms with Crippen LogP contribution in [0.15, 0.2) is 83.6 Å². The number of rotatable bonds is 8. The maximum atomic E-state index is 6.51. The molecule has 2 aliphatic rings. The highest BCUT2D eigenvalue weighted by Gasteiger charge is 2.24. The third-order valence-electron chi connectivity index (χ3n) is 6.40. The molecule has 4 heterocycles. The molecule has 0 aromatic carbocycles. The first-order valence-electron chi connectivity index (χ1n) is 13.9. The smallest absolute Gasteiger partial charge is 0.110 e. The molecule has 208 valence electrons. The Bertz CT molecular complexity index is 1290. The quantitative estimate of drug-likeness (QED) is 0.241. The van der Waals surface area contributed by atoms with Gasteiger partial charge in [0.2, 0.25) is 0 Å². The van der Waals surface area contributed by atoms with Gasteiger partial charge in [-0.1, -0.05) is 32.6 Å². The average Bonchev–Trinajstić information content (AvgIpc) is 3.45.